The van der Waals surface area contributed by atoms with Gasteiger partial charge in [0.2, 0.25) is 47.3 Å². The molecule has 0 bridgehead atoms. The van der Waals surface area contributed by atoms with Gasteiger partial charge in [0.1, 0.15) is 0 Å². The van der Waals surface area contributed by atoms with Crippen LogP contribution in [0.2, 0.25) is 0 Å². The van der Waals surface area contributed by atoms with Crippen molar-refractivity contribution in [2.75, 3.05) is 52.4 Å². The molecule has 0 aliphatic rings. The molecule has 0 aliphatic carbocycles. The van der Waals surface area contributed by atoms with Crippen molar-refractivity contribution in [3.8, 4) is 0 Å². The predicted octanol–water partition coefficient (Wildman–Crippen LogP) is 33.9. The lowest BCUT2D eigenvalue weighted by Crippen LogP contribution is -2.20. The number of rotatable bonds is 92. The Bertz CT molecular complexity index is 2190. The van der Waals surface area contributed by atoms with Gasteiger partial charge in [0.05, 0.1) is 0 Å². The molecular formula is C116H240N8O8. The maximum Gasteiger partial charge on any atom is 0.216 e. The lowest BCUT2D eigenvalue weighted by molar-refractivity contribution is -0.119. The van der Waals surface area contributed by atoms with Crippen LogP contribution in [0, 0.1) is 0 Å². The van der Waals surface area contributed by atoms with E-state index in [2.05, 4.69) is 97.9 Å². The molecule has 0 aromatic rings. The second-order valence-electron chi connectivity index (χ2n) is 38.7. The number of hydrogen-bond acceptors (Lipinski definition) is 8. The third kappa shape index (κ3) is 182. The highest BCUT2D eigenvalue weighted by Crippen LogP contribution is 2.19. The van der Waals surface area contributed by atoms with Crippen LogP contribution in [0.5, 0.6) is 0 Å². The van der Waals surface area contributed by atoms with Crippen LogP contribution < -0.4 is 42.5 Å². The molecular weight excluding hydrogens is 1630 g/mol. The molecule has 0 fully saturated rings. The highest BCUT2D eigenvalue weighted by atomic mass is 16.2. The lowest BCUT2D eigenvalue weighted by atomic mass is 10.0. The van der Waals surface area contributed by atoms with E-state index in [9.17, 15) is 38.4 Å². The smallest absolute Gasteiger partial charge is 0.216 e. The Hall–Kier alpha value is -4.24. The Morgan fingerprint density at radius 2 is 0.152 bits per heavy atom. The van der Waals surface area contributed by atoms with Crippen molar-refractivity contribution in [1.29, 1.82) is 0 Å². The average molecular weight is 1880 g/mol. The molecule has 16 heteroatoms. The van der Waals surface area contributed by atoms with Crippen LogP contribution in [0.1, 0.15) is 650 Å². The quantitative estimate of drug-likeness (QED) is 0.0272. The van der Waals surface area contributed by atoms with Gasteiger partial charge in [-0.15, -0.1) is 0 Å². The van der Waals surface area contributed by atoms with E-state index in [4.69, 9.17) is 0 Å². The van der Waals surface area contributed by atoms with E-state index < -0.39 is 0 Å². The first-order chi connectivity index (χ1) is 64.2. The fourth-order valence-corrected chi connectivity index (χ4v) is 15.7. The standard InChI is InChI=1S/C18H37NO.C17H35NO.C16H33NO.C15H31NO.C14H29NO.C13H27NO.C12H25NO.C11H23NO/c1-3-4-5-6-7-8-9-10-11-12-13-14-15-16-17-19-18(2)20;1-3-4-5-6-7-8-9-10-11-12-13-14-15-16-18-17(2)19;1-3-4-5-6-7-8-9-10-11-12-13-14-15-17-16(2)18;1-3-4-5-6-7-8-9-10-11-12-13-14-16-15(2)17;1-3-4-5-6-7-8-9-10-11-12-13-15-14(2)16;1-3-4-5-6-7-8-9-10-11-12-14-13(2)15;1-3-4-5-6-7-8-9-10-11-13-12(2)14;1-3-4-5-6-7-8-9-10-12-11(2)13/h3-17H2,1-2H3,(H,19,20);3-16H2,1-2H3,(H,18,19);3-15H2,1-2H3,(H,17,18);3-14H2,1-2H3,(H,16,17);3-13H2,1-2H3,(H,15,16);3-12H2,1-2H3,(H,14,15);3-11H2,1-2H3,(H,13,14);3-10H2,1-2H3,(H,12,13). The molecule has 0 rings (SSSR count). The molecule has 0 spiro atoms. The summed E-state index contributed by atoms with van der Waals surface area (Å²) in [7, 11) is 0. The van der Waals surface area contributed by atoms with Crippen LogP contribution in [0.25, 0.3) is 0 Å². The number of unbranched alkanes of at least 4 members (excludes halogenated alkanes) is 76. The molecule has 8 N–H and O–H groups in total. The molecule has 0 heterocycles. The summed E-state index contributed by atoms with van der Waals surface area (Å²) in [5.41, 5.74) is 0. The minimum atomic E-state index is 0.0889. The summed E-state index contributed by atoms with van der Waals surface area (Å²) in [5, 5.41) is 22.7. The van der Waals surface area contributed by atoms with Crippen molar-refractivity contribution in [3.05, 3.63) is 0 Å². The fourth-order valence-electron chi connectivity index (χ4n) is 15.7. The van der Waals surface area contributed by atoms with Crippen LogP contribution >= 0.6 is 0 Å². The van der Waals surface area contributed by atoms with E-state index in [0.29, 0.717) is 0 Å². The van der Waals surface area contributed by atoms with Crippen LogP contribution in [-0.2, 0) is 38.4 Å². The number of hydrogen-bond donors (Lipinski definition) is 8. The zero-order valence-electron chi connectivity index (χ0n) is 92.3. The summed E-state index contributed by atoms with van der Waals surface area (Å²) in [6.07, 6.45) is 114. The minimum absolute atomic E-state index is 0.0889. The van der Waals surface area contributed by atoms with Gasteiger partial charge in [-0.1, -0.05) is 543 Å². The molecule has 0 saturated heterocycles. The first-order valence-electron chi connectivity index (χ1n) is 58.1. The monoisotopic (exact) mass is 1870 g/mol. The SMILES string of the molecule is CCCCCCCCCCCCCCCCNC(C)=O.CCCCCCCCCCCCCCCNC(C)=O.CCCCCCCCCCCCCCNC(C)=O.CCCCCCCCCCCCCNC(C)=O.CCCCCCCCCCCCNC(C)=O.CCCCCCCCCCCNC(C)=O.CCCCCCCCCCNC(C)=O.CCCCCCCCCNC(C)=O. The van der Waals surface area contributed by atoms with Gasteiger partial charge in [-0.3, -0.25) is 38.4 Å². The van der Waals surface area contributed by atoms with Gasteiger partial charge < -0.3 is 42.5 Å². The second-order valence-corrected chi connectivity index (χ2v) is 38.7. The number of nitrogens with one attached hydrogen (secondary N) is 8. The first-order valence-corrected chi connectivity index (χ1v) is 58.1. The van der Waals surface area contributed by atoms with Crippen LogP contribution in [-0.4, -0.2) is 99.6 Å². The summed E-state index contributed by atoms with van der Waals surface area (Å²) < 4.78 is 0. The van der Waals surface area contributed by atoms with E-state index in [1.54, 1.807) is 55.4 Å². The average Bonchev–Trinajstić information content (AvgIpc) is 1.13. The van der Waals surface area contributed by atoms with Crippen LogP contribution in [0.15, 0.2) is 0 Å². The number of carbonyl (C=O) groups excluding carboxylic acids is 8. The summed E-state index contributed by atoms with van der Waals surface area (Å²) in [4.78, 5) is 84.8. The molecule has 0 atom stereocenters. The van der Waals surface area contributed by atoms with E-state index in [0.717, 1.165) is 104 Å². The van der Waals surface area contributed by atoms with Crippen molar-refractivity contribution < 1.29 is 38.4 Å². The molecule has 0 radical (unpaired) electrons. The Morgan fingerprint density at radius 3 is 0.205 bits per heavy atom. The minimum Gasteiger partial charge on any atom is -0.356 e. The number of carbonyl (C=O) groups is 8. The van der Waals surface area contributed by atoms with Gasteiger partial charge in [-0.2, -0.15) is 0 Å². The van der Waals surface area contributed by atoms with Crippen LogP contribution in [0.3, 0.4) is 0 Å². The third-order valence-electron chi connectivity index (χ3n) is 24.2. The number of amides is 8. The van der Waals surface area contributed by atoms with Crippen molar-refractivity contribution in [3.63, 3.8) is 0 Å². The molecule has 0 unspecified atom stereocenters. The zero-order chi connectivity index (χ0) is 99.3. The Kier molecular flexibility index (Phi) is 152. The molecule has 0 aromatic carbocycles. The second kappa shape index (κ2) is 140. The third-order valence-corrected chi connectivity index (χ3v) is 24.2. The van der Waals surface area contributed by atoms with E-state index in [-0.39, 0.29) is 47.3 Å². The molecule has 0 saturated carbocycles. The molecule has 792 valence electrons. The van der Waals surface area contributed by atoms with Crippen LogP contribution in [0.4, 0.5) is 0 Å². The summed E-state index contributed by atoms with van der Waals surface area (Å²) in [6.45, 7) is 37.5. The fraction of sp³-hybridized carbons (Fsp3) is 0.931. The molecule has 132 heavy (non-hydrogen) atoms. The van der Waals surface area contributed by atoms with Gasteiger partial charge in [0.15, 0.2) is 0 Å². The van der Waals surface area contributed by atoms with E-state index in [1.807, 2.05) is 0 Å². The molecule has 8 amide bonds. The van der Waals surface area contributed by atoms with Gasteiger partial charge >= 0.3 is 0 Å². The maximum atomic E-state index is 10.7. The molecule has 16 nitrogen and oxygen atoms in total. The van der Waals surface area contributed by atoms with E-state index in [1.165, 1.54) is 488 Å². The predicted molar refractivity (Wildman–Crippen MR) is 583 cm³/mol. The topological polar surface area (TPSA) is 233 Å². The van der Waals surface area contributed by atoms with Crippen molar-refractivity contribution >= 4 is 47.3 Å². The zero-order valence-corrected chi connectivity index (χ0v) is 92.3. The molecule has 0 aliphatic heterocycles. The highest BCUT2D eigenvalue weighted by molar-refractivity contribution is 5.75. The van der Waals surface area contributed by atoms with E-state index >= 15 is 0 Å². The van der Waals surface area contributed by atoms with Gasteiger partial charge in [0, 0.05) is 108 Å². The Morgan fingerprint density at radius 1 is 0.0985 bits per heavy atom. The normalized spacial score (nSPS) is 10.4. The van der Waals surface area contributed by atoms with Crippen molar-refractivity contribution in [1.82, 2.24) is 42.5 Å². The molecule has 0 aromatic heterocycles. The van der Waals surface area contributed by atoms with Crippen molar-refractivity contribution in [2.45, 2.75) is 650 Å². The summed E-state index contributed by atoms with van der Waals surface area (Å²) in [6, 6.07) is 0. The summed E-state index contributed by atoms with van der Waals surface area (Å²) >= 11 is 0. The Labute approximate surface area is 825 Å². The van der Waals surface area contributed by atoms with Gasteiger partial charge in [0.25, 0.3) is 0 Å². The van der Waals surface area contributed by atoms with Gasteiger partial charge in [-0.25, -0.2) is 0 Å². The first kappa shape index (κ1) is 143. The lowest BCUT2D eigenvalue weighted by Gasteiger charge is -2.03. The Balaban J connectivity index is -0.000000223. The maximum absolute atomic E-state index is 10.7. The van der Waals surface area contributed by atoms with Crippen molar-refractivity contribution in [2.24, 2.45) is 0 Å². The summed E-state index contributed by atoms with van der Waals surface area (Å²) in [5.74, 6) is 0.748. The highest BCUT2D eigenvalue weighted by Gasteiger charge is 2.04. The largest absolute Gasteiger partial charge is 0.356 e. The van der Waals surface area contributed by atoms with Gasteiger partial charge in [-0.05, 0) is 51.4 Å².